The molecule has 4 heteroatoms. The first-order valence-electron chi connectivity index (χ1n) is 5.88. The third-order valence-corrected chi connectivity index (χ3v) is 3.23. The lowest BCUT2D eigenvalue weighted by atomic mass is 9.93. The Morgan fingerprint density at radius 2 is 2.24 bits per heavy atom. The minimum Gasteiger partial charge on any atom is -0.444 e. The average Bonchev–Trinajstić information content (AvgIpc) is 2.78. The molecule has 17 heavy (non-hydrogen) atoms. The lowest BCUT2D eigenvalue weighted by Gasteiger charge is -2.28. The zero-order chi connectivity index (χ0) is 11.7. The Hall–Kier alpha value is -1.97. The van der Waals surface area contributed by atoms with Gasteiger partial charge >= 0.3 is 0 Å². The van der Waals surface area contributed by atoms with Gasteiger partial charge in [0.25, 0.3) is 0 Å². The van der Waals surface area contributed by atoms with Crippen molar-refractivity contribution in [1.82, 2.24) is 4.98 Å². The van der Waals surface area contributed by atoms with E-state index in [2.05, 4.69) is 10.3 Å². The van der Waals surface area contributed by atoms with Crippen molar-refractivity contribution in [3.05, 3.63) is 30.8 Å². The number of nitrogen functional groups attached to an aromatic ring is 1. The number of nitrogens with two attached hydrogens (primary N) is 1. The summed E-state index contributed by atoms with van der Waals surface area (Å²) in [5, 5.41) is 3.45. The number of anilines is 2. The number of nitrogens with zero attached hydrogens (tertiary/aromatic N) is 1. The Morgan fingerprint density at radius 1 is 1.35 bits per heavy atom. The van der Waals surface area contributed by atoms with Gasteiger partial charge in [-0.3, -0.25) is 0 Å². The lowest BCUT2D eigenvalue weighted by molar-refractivity contribution is 0.446. The number of oxazole rings is 1. The van der Waals surface area contributed by atoms with E-state index < -0.39 is 0 Å². The van der Waals surface area contributed by atoms with Crippen molar-refractivity contribution in [1.29, 1.82) is 0 Å². The minimum absolute atomic E-state index is 0.591. The Bertz CT molecular complexity index is 503. The molecular weight excluding hydrogens is 214 g/mol. The van der Waals surface area contributed by atoms with Crippen molar-refractivity contribution in [2.24, 2.45) is 0 Å². The first-order valence-corrected chi connectivity index (χ1v) is 5.88. The lowest BCUT2D eigenvalue weighted by Crippen LogP contribution is -2.27. The van der Waals surface area contributed by atoms with E-state index in [1.807, 2.05) is 18.2 Å². The molecule has 3 N–H and O–H groups in total. The minimum atomic E-state index is 0.591. The molecule has 1 aromatic carbocycles. The molecule has 0 radical (unpaired) electrons. The van der Waals surface area contributed by atoms with E-state index in [1.54, 1.807) is 6.20 Å². The van der Waals surface area contributed by atoms with Gasteiger partial charge in [-0.2, -0.15) is 0 Å². The van der Waals surface area contributed by atoms with Gasteiger partial charge in [-0.1, -0.05) is 0 Å². The van der Waals surface area contributed by atoms with Crippen molar-refractivity contribution in [2.45, 2.75) is 25.3 Å². The summed E-state index contributed by atoms with van der Waals surface area (Å²) >= 11 is 0. The zero-order valence-corrected chi connectivity index (χ0v) is 9.52. The van der Waals surface area contributed by atoms with Crippen LogP contribution in [0.25, 0.3) is 11.3 Å². The molecule has 4 nitrogen and oxygen atoms in total. The SMILES string of the molecule is Nc1cc(-c2cnco2)ccc1NC1CCC1. The van der Waals surface area contributed by atoms with E-state index in [9.17, 15) is 0 Å². The normalized spacial score (nSPS) is 15.5. The molecule has 1 saturated carbocycles. The van der Waals surface area contributed by atoms with Crippen LogP contribution in [0.5, 0.6) is 0 Å². The first-order chi connectivity index (χ1) is 8.33. The topological polar surface area (TPSA) is 64.1 Å². The third-order valence-electron chi connectivity index (χ3n) is 3.23. The standard InChI is InChI=1S/C13H15N3O/c14-11-6-9(13-7-15-8-17-13)4-5-12(11)16-10-2-1-3-10/h4-8,10,16H,1-3,14H2. The van der Waals surface area contributed by atoms with Gasteiger partial charge in [0.2, 0.25) is 0 Å². The van der Waals surface area contributed by atoms with Crippen molar-refractivity contribution >= 4 is 11.4 Å². The Labute approximate surface area is 99.8 Å². The molecule has 0 amide bonds. The summed E-state index contributed by atoms with van der Waals surface area (Å²) in [5.74, 6) is 0.742. The number of aromatic nitrogens is 1. The summed E-state index contributed by atoms with van der Waals surface area (Å²) in [7, 11) is 0. The van der Waals surface area contributed by atoms with Crippen molar-refractivity contribution in [3.8, 4) is 11.3 Å². The third kappa shape index (κ3) is 1.98. The van der Waals surface area contributed by atoms with E-state index in [0.29, 0.717) is 6.04 Å². The summed E-state index contributed by atoms with van der Waals surface area (Å²) in [5.41, 5.74) is 8.75. The fourth-order valence-corrected chi connectivity index (χ4v) is 1.98. The van der Waals surface area contributed by atoms with Crippen LogP contribution in [0.15, 0.2) is 35.2 Å². The predicted octanol–water partition coefficient (Wildman–Crippen LogP) is 2.89. The molecule has 1 aromatic heterocycles. The highest BCUT2D eigenvalue weighted by atomic mass is 16.3. The molecule has 1 aliphatic carbocycles. The molecule has 3 rings (SSSR count). The molecule has 0 bridgehead atoms. The van der Waals surface area contributed by atoms with E-state index >= 15 is 0 Å². The van der Waals surface area contributed by atoms with Gasteiger partial charge in [0.1, 0.15) is 0 Å². The second-order valence-electron chi connectivity index (χ2n) is 4.44. The second kappa shape index (κ2) is 4.13. The van der Waals surface area contributed by atoms with Crippen molar-refractivity contribution < 1.29 is 4.42 Å². The molecule has 1 fully saturated rings. The van der Waals surface area contributed by atoms with Crippen LogP contribution in [0.1, 0.15) is 19.3 Å². The molecule has 1 heterocycles. The van der Waals surface area contributed by atoms with Gasteiger partial charge in [0.05, 0.1) is 17.6 Å². The number of benzene rings is 1. The molecule has 88 valence electrons. The van der Waals surface area contributed by atoms with Crippen LogP contribution in [-0.2, 0) is 0 Å². The molecule has 0 atom stereocenters. The molecule has 2 aromatic rings. The van der Waals surface area contributed by atoms with Gasteiger partial charge in [-0.15, -0.1) is 0 Å². The number of hydrogen-bond acceptors (Lipinski definition) is 4. The monoisotopic (exact) mass is 229 g/mol. The maximum atomic E-state index is 6.03. The van der Waals surface area contributed by atoms with Gasteiger partial charge in [-0.25, -0.2) is 4.98 Å². The Kier molecular flexibility index (Phi) is 2.48. The van der Waals surface area contributed by atoms with Gasteiger partial charge in [0.15, 0.2) is 12.2 Å². The highest BCUT2D eigenvalue weighted by molar-refractivity contribution is 5.74. The number of hydrogen-bond donors (Lipinski definition) is 2. The fourth-order valence-electron chi connectivity index (χ4n) is 1.98. The zero-order valence-electron chi connectivity index (χ0n) is 9.52. The maximum absolute atomic E-state index is 6.03. The van der Waals surface area contributed by atoms with Crippen LogP contribution in [0.3, 0.4) is 0 Å². The molecule has 1 aliphatic rings. The summed E-state index contributed by atoms with van der Waals surface area (Å²) in [6, 6.07) is 6.51. The Morgan fingerprint density at radius 3 is 2.82 bits per heavy atom. The first kappa shape index (κ1) is 10.2. The predicted molar refractivity (Wildman–Crippen MR) is 67.6 cm³/mol. The van der Waals surface area contributed by atoms with E-state index in [0.717, 1.165) is 22.7 Å². The molecule has 0 spiro atoms. The highest BCUT2D eigenvalue weighted by Crippen LogP contribution is 2.30. The van der Waals surface area contributed by atoms with Crippen LogP contribution in [0.4, 0.5) is 11.4 Å². The summed E-state index contributed by atoms with van der Waals surface area (Å²) in [6.07, 6.45) is 6.90. The highest BCUT2D eigenvalue weighted by Gasteiger charge is 2.17. The molecular formula is C13H15N3O. The van der Waals surface area contributed by atoms with E-state index in [1.165, 1.54) is 25.7 Å². The quantitative estimate of drug-likeness (QED) is 0.794. The van der Waals surface area contributed by atoms with Crippen molar-refractivity contribution in [3.63, 3.8) is 0 Å². The van der Waals surface area contributed by atoms with Gasteiger partial charge in [-0.05, 0) is 37.5 Å². The summed E-state index contributed by atoms with van der Waals surface area (Å²) in [4.78, 5) is 3.90. The van der Waals surface area contributed by atoms with Crippen LogP contribution < -0.4 is 11.1 Å². The van der Waals surface area contributed by atoms with Crippen LogP contribution in [-0.4, -0.2) is 11.0 Å². The van der Waals surface area contributed by atoms with Crippen LogP contribution in [0, 0.1) is 0 Å². The maximum Gasteiger partial charge on any atom is 0.181 e. The fraction of sp³-hybridized carbons (Fsp3) is 0.308. The smallest absolute Gasteiger partial charge is 0.181 e. The molecule has 0 saturated heterocycles. The largest absolute Gasteiger partial charge is 0.444 e. The van der Waals surface area contributed by atoms with Gasteiger partial charge in [0, 0.05) is 11.6 Å². The number of rotatable bonds is 3. The van der Waals surface area contributed by atoms with Crippen LogP contribution in [0.2, 0.25) is 0 Å². The van der Waals surface area contributed by atoms with E-state index in [-0.39, 0.29) is 0 Å². The second-order valence-corrected chi connectivity index (χ2v) is 4.44. The summed E-state index contributed by atoms with van der Waals surface area (Å²) < 4.78 is 5.24. The molecule has 0 aliphatic heterocycles. The van der Waals surface area contributed by atoms with E-state index in [4.69, 9.17) is 10.2 Å². The van der Waals surface area contributed by atoms with Crippen molar-refractivity contribution in [2.75, 3.05) is 11.1 Å². The summed E-state index contributed by atoms with van der Waals surface area (Å²) in [6.45, 7) is 0. The average molecular weight is 229 g/mol. The van der Waals surface area contributed by atoms with Gasteiger partial charge < -0.3 is 15.5 Å². The van der Waals surface area contributed by atoms with Crippen LogP contribution >= 0.6 is 0 Å². The Balaban J connectivity index is 1.83. The molecule has 0 unspecified atom stereocenters. The number of nitrogens with one attached hydrogen (secondary N) is 1.